The summed E-state index contributed by atoms with van der Waals surface area (Å²) >= 11 is 3.26. The van der Waals surface area contributed by atoms with Crippen LogP contribution in [0.5, 0.6) is 0 Å². The van der Waals surface area contributed by atoms with Gasteiger partial charge in [-0.05, 0) is 41.1 Å². The van der Waals surface area contributed by atoms with Gasteiger partial charge in [-0.1, -0.05) is 18.2 Å². The van der Waals surface area contributed by atoms with E-state index in [4.69, 9.17) is 0 Å². The van der Waals surface area contributed by atoms with Gasteiger partial charge in [-0.3, -0.25) is 9.71 Å². The second-order valence-corrected chi connectivity index (χ2v) is 6.30. The fraction of sp³-hybridized carbons (Fsp3) is 0.0833. The largest absolute Gasteiger partial charge is 0.278 e. The van der Waals surface area contributed by atoms with Crippen LogP contribution >= 0.6 is 15.9 Å². The predicted octanol–water partition coefficient (Wildman–Crippen LogP) is 2.95. The molecule has 0 saturated heterocycles. The lowest BCUT2D eigenvalue weighted by Gasteiger charge is -2.10. The lowest BCUT2D eigenvalue weighted by molar-refractivity contribution is 0.601. The van der Waals surface area contributed by atoms with Crippen LogP contribution in [0.3, 0.4) is 0 Å². The van der Waals surface area contributed by atoms with Crippen LogP contribution in [-0.2, 0) is 10.0 Å². The Morgan fingerprint density at radius 1 is 1.22 bits per heavy atom. The third-order valence-corrected chi connectivity index (χ3v) is 4.17. The molecule has 1 aromatic heterocycles. The number of halogens is 1. The van der Waals surface area contributed by atoms with Crippen LogP contribution < -0.4 is 4.72 Å². The summed E-state index contributed by atoms with van der Waals surface area (Å²) in [5.41, 5.74) is 1.09. The maximum Gasteiger partial charge on any atom is 0.261 e. The van der Waals surface area contributed by atoms with E-state index in [1.54, 1.807) is 49.5 Å². The molecule has 0 saturated carbocycles. The lowest BCUT2D eigenvalue weighted by Crippen LogP contribution is -2.14. The minimum atomic E-state index is -3.56. The summed E-state index contributed by atoms with van der Waals surface area (Å²) in [5, 5.41) is 0. The van der Waals surface area contributed by atoms with Crippen LogP contribution in [0.15, 0.2) is 52.0 Å². The normalized spacial score (nSPS) is 11.2. The van der Waals surface area contributed by atoms with Gasteiger partial charge in [-0.25, -0.2) is 8.42 Å². The number of aromatic nitrogens is 1. The van der Waals surface area contributed by atoms with E-state index < -0.39 is 10.0 Å². The zero-order valence-corrected chi connectivity index (χ0v) is 12.0. The fourth-order valence-electron chi connectivity index (χ4n) is 1.41. The summed E-state index contributed by atoms with van der Waals surface area (Å²) in [7, 11) is -3.56. The first-order valence-corrected chi connectivity index (χ1v) is 7.47. The Labute approximate surface area is 114 Å². The van der Waals surface area contributed by atoms with Gasteiger partial charge in [-0.15, -0.1) is 0 Å². The molecular weight excluding hydrogens is 316 g/mol. The highest BCUT2D eigenvalue weighted by atomic mass is 79.9. The molecule has 0 aliphatic carbocycles. The summed E-state index contributed by atoms with van der Waals surface area (Å²) in [5.74, 6) is 0. The lowest BCUT2D eigenvalue weighted by atomic mass is 10.3. The van der Waals surface area contributed by atoms with Gasteiger partial charge in [-0.2, -0.15) is 0 Å². The molecule has 0 aliphatic rings. The molecule has 0 fully saturated rings. The minimum Gasteiger partial charge on any atom is -0.278 e. The van der Waals surface area contributed by atoms with Crippen molar-refractivity contribution >= 4 is 31.6 Å². The minimum absolute atomic E-state index is 0.226. The van der Waals surface area contributed by atoms with Crippen LogP contribution in [0.25, 0.3) is 0 Å². The van der Waals surface area contributed by atoms with Crippen LogP contribution in [-0.4, -0.2) is 13.4 Å². The number of nitrogens with zero attached hydrogens (tertiary/aromatic N) is 1. The average Bonchev–Trinajstić information content (AvgIpc) is 2.35. The average molecular weight is 327 g/mol. The second-order valence-electron chi connectivity index (χ2n) is 3.71. The van der Waals surface area contributed by atoms with Crippen molar-refractivity contribution in [1.82, 2.24) is 4.98 Å². The standard InChI is InChI=1S/C12H11BrN2O2S/c1-9-12(7-10(13)8-14-9)15-18(16,17)11-5-3-2-4-6-11/h2-8,15H,1H3. The molecule has 0 atom stereocenters. The summed E-state index contributed by atoms with van der Waals surface area (Å²) < 4.78 is 27.5. The van der Waals surface area contributed by atoms with E-state index in [1.165, 1.54) is 0 Å². The number of rotatable bonds is 3. The summed E-state index contributed by atoms with van der Waals surface area (Å²) in [4.78, 5) is 4.31. The molecular formula is C12H11BrN2O2S. The van der Waals surface area contributed by atoms with E-state index >= 15 is 0 Å². The highest BCUT2D eigenvalue weighted by molar-refractivity contribution is 9.10. The van der Waals surface area contributed by atoms with Gasteiger partial charge >= 0.3 is 0 Å². The summed E-state index contributed by atoms with van der Waals surface area (Å²) in [6.45, 7) is 1.75. The Morgan fingerprint density at radius 2 is 1.89 bits per heavy atom. The Bertz CT molecular complexity index is 657. The Kier molecular flexibility index (Phi) is 3.68. The molecule has 2 aromatic rings. The Hall–Kier alpha value is -1.40. The molecule has 0 spiro atoms. The molecule has 0 aliphatic heterocycles. The SMILES string of the molecule is Cc1ncc(Br)cc1NS(=O)(=O)c1ccccc1. The number of sulfonamides is 1. The predicted molar refractivity (Wildman–Crippen MR) is 73.9 cm³/mol. The van der Waals surface area contributed by atoms with Gasteiger partial charge in [0, 0.05) is 10.7 Å². The first-order valence-electron chi connectivity index (χ1n) is 5.19. The number of hydrogen-bond donors (Lipinski definition) is 1. The zero-order chi connectivity index (χ0) is 13.2. The molecule has 94 valence electrons. The number of benzene rings is 1. The van der Waals surface area contributed by atoms with Gasteiger partial charge in [0.05, 0.1) is 16.3 Å². The van der Waals surface area contributed by atoms with E-state index in [-0.39, 0.29) is 4.90 Å². The van der Waals surface area contributed by atoms with Gasteiger partial charge < -0.3 is 0 Å². The van der Waals surface area contributed by atoms with Gasteiger partial charge in [0.2, 0.25) is 0 Å². The maximum atomic E-state index is 12.1. The molecule has 0 bridgehead atoms. The van der Waals surface area contributed by atoms with Crippen LogP contribution in [0.2, 0.25) is 0 Å². The summed E-state index contributed by atoms with van der Waals surface area (Å²) in [6.07, 6.45) is 1.62. The van der Waals surface area contributed by atoms with Crippen LogP contribution in [0.1, 0.15) is 5.69 Å². The van der Waals surface area contributed by atoms with Gasteiger partial charge in [0.1, 0.15) is 0 Å². The number of pyridine rings is 1. The molecule has 0 radical (unpaired) electrons. The van der Waals surface area contributed by atoms with Gasteiger partial charge in [0.15, 0.2) is 0 Å². The zero-order valence-electron chi connectivity index (χ0n) is 9.59. The van der Waals surface area contributed by atoms with E-state index in [9.17, 15) is 8.42 Å². The Balaban J connectivity index is 2.37. The first kappa shape index (κ1) is 13.0. The molecule has 2 rings (SSSR count). The molecule has 1 heterocycles. The van der Waals surface area contributed by atoms with Crippen molar-refractivity contribution in [3.05, 3.63) is 52.8 Å². The third-order valence-electron chi connectivity index (χ3n) is 2.35. The molecule has 1 aromatic carbocycles. The molecule has 1 N–H and O–H groups in total. The first-order chi connectivity index (χ1) is 8.49. The molecule has 6 heteroatoms. The van der Waals surface area contributed by atoms with Crippen molar-refractivity contribution in [2.75, 3.05) is 4.72 Å². The second kappa shape index (κ2) is 5.07. The van der Waals surface area contributed by atoms with Crippen molar-refractivity contribution < 1.29 is 8.42 Å². The highest BCUT2D eigenvalue weighted by Gasteiger charge is 2.15. The van der Waals surface area contributed by atoms with Crippen molar-refractivity contribution in [2.45, 2.75) is 11.8 Å². The van der Waals surface area contributed by atoms with E-state index in [1.807, 2.05) is 0 Å². The molecule has 4 nitrogen and oxygen atoms in total. The number of nitrogens with one attached hydrogen (secondary N) is 1. The van der Waals surface area contributed by atoms with Crippen LogP contribution in [0.4, 0.5) is 5.69 Å². The van der Waals surface area contributed by atoms with Crippen molar-refractivity contribution in [2.24, 2.45) is 0 Å². The molecule has 0 amide bonds. The number of anilines is 1. The van der Waals surface area contributed by atoms with E-state index in [0.717, 1.165) is 4.47 Å². The summed E-state index contributed by atoms with van der Waals surface area (Å²) in [6, 6.07) is 9.90. The molecule has 18 heavy (non-hydrogen) atoms. The monoisotopic (exact) mass is 326 g/mol. The van der Waals surface area contributed by atoms with Crippen molar-refractivity contribution in [3.8, 4) is 0 Å². The number of aryl methyl sites for hydroxylation is 1. The highest BCUT2D eigenvalue weighted by Crippen LogP contribution is 2.21. The number of hydrogen-bond acceptors (Lipinski definition) is 3. The third kappa shape index (κ3) is 2.88. The van der Waals surface area contributed by atoms with Crippen molar-refractivity contribution in [3.63, 3.8) is 0 Å². The maximum absolute atomic E-state index is 12.1. The smallest absolute Gasteiger partial charge is 0.261 e. The van der Waals surface area contributed by atoms with Crippen molar-refractivity contribution in [1.29, 1.82) is 0 Å². The molecule has 0 unspecified atom stereocenters. The van der Waals surface area contributed by atoms with E-state index in [2.05, 4.69) is 25.6 Å². The van der Waals surface area contributed by atoms with E-state index in [0.29, 0.717) is 11.4 Å². The Morgan fingerprint density at radius 3 is 2.56 bits per heavy atom. The van der Waals surface area contributed by atoms with Gasteiger partial charge in [0.25, 0.3) is 10.0 Å². The quantitative estimate of drug-likeness (QED) is 0.943. The topological polar surface area (TPSA) is 59.1 Å². The fourth-order valence-corrected chi connectivity index (χ4v) is 2.88. The van der Waals surface area contributed by atoms with Crippen LogP contribution in [0, 0.1) is 6.92 Å².